The van der Waals surface area contributed by atoms with Crippen LogP contribution in [0.5, 0.6) is 0 Å². The number of hydrogen-bond acceptors (Lipinski definition) is 4. The van der Waals surface area contributed by atoms with Gasteiger partial charge in [-0.15, -0.1) is 0 Å². The monoisotopic (exact) mass is 223 g/mol. The van der Waals surface area contributed by atoms with Crippen LogP contribution in [0.1, 0.15) is 30.0 Å². The molecule has 1 aliphatic heterocycles. The molecule has 1 aromatic heterocycles. The Hall–Kier alpha value is -0.610. The molecule has 2 rings (SSSR count). The zero-order chi connectivity index (χ0) is 10.7. The van der Waals surface area contributed by atoms with Gasteiger partial charge in [0.25, 0.3) is 0 Å². The van der Waals surface area contributed by atoms with E-state index in [2.05, 4.69) is 22.2 Å². The van der Waals surface area contributed by atoms with E-state index in [0.29, 0.717) is 0 Å². The van der Waals surface area contributed by atoms with Crippen molar-refractivity contribution in [2.24, 2.45) is 0 Å². The van der Waals surface area contributed by atoms with Crippen molar-refractivity contribution in [3.8, 4) is 0 Å². The fourth-order valence-corrected chi connectivity index (χ4v) is 2.58. The van der Waals surface area contributed by atoms with Crippen molar-refractivity contribution in [2.45, 2.75) is 25.8 Å². The molecule has 4 heteroatoms. The number of thioether (sulfide) groups is 1. The number of hydrogen-bond donors (Lipinski definition) is 1. The Morgan fingerprint density at radius 2 is 2.20 bits per heavy atom. The van der Waals surface area contributed by atoms with Crippen LogP contribution in [0.15, 0.2) is 6.20 Å². The molecule has 0 bridgehead atoms. The first kappa shape index (κ1) is 10.9. The van der Waals surface area contributed by atoms with Gasteiger partial charge in [-0.1, -0.05) is 0 Å². The summed E-state index contributed by atoms with van der Waals surface area (Å²) in [4.78, 5) is 9.08. The second kappa shape index (κ2) is 4.94. The number of rotatable bonds is 2. The Morgan fingerprint density at radius 3 is 3.00 bits per heavy atom. The summed E-state index contributed by atoms with van der Waals surface area (Å²) in [6.45, 7) is 2.09. The largest absolute Gasteiger partial charge is 0.311 e. The maximum atomic E-state index is 4.66. The molecule has 0 aromatic carbocycles. The number of fused-ring (bicyclic) bond motifs is 1. The van der Waals surface area contributed by atoms with Crippen LogP contribution in [0.3, 0.4) is 0 Å². The van der Waals surface area contributed by atoms with E-state index in [1.807, 2.05) is 25.0 Å². The summed E-state index contributed by atoms with van der Waals surface area (Å²) >= 11 is 2.01. The molecule has 1 atom stereocenters. The van der Waals surface area contributed by atoms with E-state index in [1.54, 1.807) is 0 Å². The zero-order valence-electron chi connectivity index (χ0n) is 9.29. The van der Waals surface area contributed by atoms with Crippen molar-refractivity contribution >= 4 is 11.8 Å². The van der Waals surface area contributed by atoms with Gasteiger partial charge in [0.2, 0.25) is 0 Å². The molecule has 0 saturated heterocycles. The van der Waals surface area contributed by atoms with E-state index in [-0.39, 0.29) is 6.04 Å². The summed E-state index contributed by atoms with van der Waals surface area (Å²) in [6.07, 6.45) is 4.22. The van der Waals surface area contributed by atoms with Crippen molar-refractivity contribution in [1.82, 2.24) is 15.3 Å². The molecule has 0 radical (unpaired) electrons. The number of aryl methyl sites for hydroxylation is 2. The molecule has 0 amide bonds. The van der Waals surface area contributed by atoms with Gasteiger partial charge < -0.3 is 5.32 Å². The minimum Gasteiger partial charge on any atom is -0.311 e. The molecule has 0 spiro atoms. The summed E-state index contributed by atoms with van der Waals surface area (Å²) in [5.74, 6) is 3.32. The van der Waals surface area contributed by atoms with Crippen molar-refractivity contribution in [2.75, 3.05) is 18.6 Å². The lowest BCUT2D eigenvalue weighted by Crippen LogP contribution is -2.17. The van der Waals surface area contributed by atoms with Crippen LogP contribution in [-0.2, 0) is 12.8 Å². The van der Waals surface area contributed by atoms with Gasteiger partial charge in [-0.05, 0) is 43.9 Å². The lowest BCUT2D eigenvalue weighted by molar-refractivity contribution is 0.604. The first-order valence-electron chi connectivity index (χ1n) is 5.41. The highest BCUT2D eigenvalue weighted by Crippen LogP contribution is 2.19. The molecular weight excluding hydrogens is 206 g/mol. The first-order chi connectivity index (χ1) is 7.31. The Balaban J connectivity index is 2.27. The average molecular weight is 223 g/mol. The van der Waals surface area contributed by atoms with E-state index in [9.17, 15) is 0 Å². The van der Waals surface area contributed by atoms with E-state index in [1.165, 1.54) is 22.8 Å². The van der Waals surface area contributed by atoms with Crippen LogP contribution in [0.4, 0.5) is 0 Å². The highest BCUT2D eigenvalue weighted by atomic mass is 32.2. The van der Waals surface area contributed by atoms with Gasteiger partial charge in [0.15, 0.2) is 0 Å². The molecule has 15 heavy (non-hydrogen) atoms. The number of aromatic nitrogens is 2. The van der Waals surface area contributed by atoms with Crippen LogP contribution in [0.25, 0.3) is 0 Å². The Labute approximate surface area is 95.1 Å². The van der Waals surface area contributed by atoms with Gasteiger partial charge in [0.1, 0.15) is 5.82 Å². The zero-order valence-corrected chi connectivity index (χ0v) is 10.1. The van der Waals surface area contributed by atoms with E-state index >= 15 is 0 Å². The third kappa shape index (κ3) is 2.49. The van der Waals surface area contributed by atoms with E-state index in [4.69, 9.17) is 0 Å². The highest BCUT2D eigenvalue weighted by Gasteiger charge is 2.13. The molecule has 0 saturated carbocycles. The number of nitrogens with one attached hydrogen (secondary N) is 1. The highest BCUT2D eigenvalue weighted by molar-refractivity contribution is 7.99. The van der Waals surface area contributed by atoms with Gasteiger partial charge in [0.05, 0.1) is 6.04 Å². The minimum atomic E-state index is 0.242. The first-order valence-corrected chi connectivity index (χ1v) is 6.56. The van der Waals surface area contributed by atoms with Crippen LogP contribution in [0, 0.1) is 0 Å². The third-order valence-electron chi connectivity index (χ3n) is 2.79. The van der Waals surface area contributed by atoms with Crippen LogP contribution >= 0.6 is 11.8 Å². The predicted octanol–water partition coefficient (Wildman–Crippen LogP) is 1.59. The predicted molar refractivity (Wildman–Crippen MR) is 64.2 cm³/mol. The fourth-order valence-electron chi connectivity index (χ4n) is 1.67. The summed E-state index contributed by atoms with van der Waals surface area (Å²) in [7, 11) is 1.94. The van der Waals surface area contributed by atoms with E-state index < -0.39 is 0 Å². The number of nitrogens with zero attached hydrogens (tertiary/aromatic N) is 2. The topological polar surface area (TPSA) is 37.8 Å². The minimum absolute atomic E-state index is 0.242. The molecule has 1 aromatic rings. The van der Waals surface area contributed by atoms with Crippen molar-refractivity contribution in [3.63, 3.8) is 0 Å². The summed E-state index contributed by atoms with van der Waals surface area (Å²) in [5.41, 5.74) is 2.60. The molecule has 0 aliphatic carbocycles. The quantitative estimate of drug-likeness (QED) is 0.826. The van der Waals surface area contributed by atoms with Crippen molar-refractivity contribution < 1.29 is 0 Å². The summed E-state index contributed by atoms with van der Waals surface area (Å²) < 4.78 is 0. The Morgan fingerprint density at radius 1 is 1.40 bits per heavy atom. The maximum absolute atomic E-state index is 4.66. The third-order valence-corrected chi connectivity index (χ3v) is 3.78. The molecule has 2 heterocycles. The second-order valence-electron chi connectivity index (χ2n) is 3.82. The van der Waals surface area contributed by atoms with Crippen LogP contribution in [-0.4, -0.2) is 28.5 Å². The lowest BCUT2D eigenvalue weighted by atomic mass is 10.1. The fraction of sp³-hybridized carbons (Fsp3) is 0.636. The van der Waals surface area contributed by atoms with Crippen LogP contribution in [0.2, 0.25) is 0 Å². The second-order valence-corrected chi connectivity index (χ2v) is 5.05. The Kier molecular flexibility index (Phi) is 3.59. The normalized spacial score (nSPS) is 18.0. The molecule has 1 unspecified atom stereocenters. The SMILES string of the molecule is CNC(C)c1ncc2c(n1)CCSCC2. The molecular formula is C11H17N3S. The van der Waals surface area contributed by atoms with Gasteiger partial charge in [-0.2, -0.15) is 11.8 Å². The maximum Gasteiger partial charge on any atom is 0.145 e. The van der Waals surface area contributed by atoms with Gasteiger partial charge in [0, 0.05) is 11.9 Å². The van der Waals surface area contributed by atoms with Crippen molar-refractivity contribution in [1.29, 1.82) is 0 Å². The summed E-state index contributed by atoms with van der Waals surface area (Å²) in [6, 6.07) is 0.242. The van der Waals surface area contributed by atoms with Crippen LogP contribution < -0.4 is 5.32 Å². The summed E-state index contributed by atoms with van der Waals surface area (Å²) in [5, 5.41) is 3.17. The average Bonchev–Trinajstić information content (AvgIpc) is 2.51. The molecule has 0 fully saturated rings. The molecule has 82 valence electrons. The smallest absolute Gasteiger partial charge is 0.145 e. The molecule has 3 nitrogen and oxygen atoms in total. The van der Waals surface area contributed by atoms with E-state index in [0.717, 1.165) is 18.7 Å². The standard InChI is InChI=1S/C11H17N3S/c1-8(12-2)11-13-7-9-3-5-15-6-4-10(9)14-11/h7-8,12H,3-6H2,1-2H3. The van der Waals surface area contributed by atoms with Gasteiger partial charge in [-0.3, -0.25) is 0 Å². The molecule has 1 aliphatic rings. The van der Waals surface area contributed by atoms with Gasteiger partial charge >= 0.3 is 0 Å². The molecule has 1 N–H and O–H groups in total. The lowest BCUT2D eigenvalue weighted by Gasteiger charge is -2.11. The van der Waals surface area contributed by atoms with Crippen molar-refractivity contribution in [3.05, 3.63) is 23.3 Å². The Bertz CT molecular complexity index is 341. The van der Waals surface area contributed by atoms with Gasteiger partial charge in [-0.25, -0.2) is 9.97 Å².